The maximum atomic E-state index is 13.6. The van der Waals surface area contributed by atoms with E-state index in [9.17, 15) is 13.6 Å². The summed E-state index contributed by atoms with van der Waals surface area (Å²) in [6.45, 7) is 1.38. The van der Waals surface area contributed by atoms with Crippen LogP contribution in [-0.2, 0) is 15.5 Å². The number of carbonyl (C=O) groups is 1. The van der Waals surface area contributed by atoms with Gasteiger partial charge in [0.1, 0.15) is 5.75 Å². The van der Waals surface area contributed by atoms with Crippen molar-refractivity contribution >= 4 is 21.9 Å². The van der Waals surface area contributed by atoms with Gasteiger partial charge in [0, 0.05) is 5.56 Å². The lowest BCUT2D eigenvalue weighted by molar-refractivity contribution is -0.173. The lowest BCUT2D eigenvalue weighted by atomic mass is 10.1. The molecule has 0 unspecified atom stereocenters. The van der Waals surface area contributed by atoms with Crippen molar-refractivity contribution in [2.24, 2.45) is 0 Å². The molecule has 0 atom stereocenters. The van der Waals surface area contributed by atoms with E-state index in [2.05, 4.69) is 20.7 Å². The Hall–Kier alpha value is -1.17. The number of benzene rings is 1. The first kappa shape index (κ1) is 13.9. The van der Waals surface area contributed by atoms with Crippen molar-refractivity contribution in [1.29, 1.82) is 0 Å². The number of alkyl halides is 2. The molecule has 0 aliphatic carbocycles. The average Bonchev–Trinajstić information content (AvgIpc) is 2.29. The van der Waals surface area contributed by atoms with Gasteiger partial charge in [-0.2, -0.15) is 8.78 Å². The van der Waals surface area contributed by atoms with Gasteiger partial charge in [-0.25, -0.2) is 4.79 Å². The second-order valence-electron chi connectivity index (χ2n) is 3.14. The van der Waals surface area contributed by atoms with Crippen molar-refractivity contribution in [2.45, 2.75) is 12.8 Å². The molecule has 0 heterocycles. The number of esters is 1. The zero-order valence-electron chi connectivity index (χ0n) is 9.30. The molecule has 3 nitrogen and oxygen atoms in total. The Morgan fingerprint density at radius 1 is 1.47 bits per heavy atom. The molecule has 0 saturated heterocycles. The predicted molar refractivity (Wildman–Crippen MR) is 61.2 cm³/mol. The summed E-state index contributed by atoms with van der Waals surface area (Å²) in [7, 11) is 1.42. The number of ether oxygens (including phenoxy) is 2. The fraction of sp³-hybridized carbons (Fsp3) is 0.364. The van der Waals surface area contributed by atoms with E-state index >= 15 is 0 Å². The summed E-state index contributed by atoms with van der Waals surface area (Å²) >= 11 is 3.08. The monoisotopic (exact) mass is 308 g/mol. The molecule has 0 amide bonds. The minimum absolute atomic E-state index is 0.0915. The van der Waals surface area contributed by atoms with E-state index in [-0.39, 0.29) is 6.61 Å². The Morgan fingerprint density at radius 2 is 2.12 bits per heavy atom. The van der Waals surface area contributed by atoms with Gasteiger partial charge in [-0.3, -0.25) is 0 Å². The first-order valence-electron chi connectivity index (χ1n) is 4.82. The number of rotatable bonds is 4. The SMILES string of the molecule is CCOC(=O)C(F)(F)c1ccc(OC)c(Br)c1. The third-order valence-corrected chi connectivity index (χ3v) is 2.67. The molecular formula is C11H11BrF2O3. The van der Waals surface area contributed by atoms with Gasteiger partial charge in [-0.15, -0.1) is 0 Å². The van der Waals surface area contributed by atoms with E-state index in [0.29, 0.717) is 10.2 Å². The van der Waals surface area contributed by atoms with E-state index < -0.39 is 17.5 Å². The Labute approximate surface area is 106 Å². The van der Waals surface area contributed by atoms with Gasteiger partial charge in [0.2, 0.25) is 0 Å². The molecule has 0 aliphatic rings. The highest BCUT2D eigenvalue weighted by molar-refractivity contribution is 9.10. The van der Waals surface area contributed by atoms with E-state index in [1.165, 1.54) is 20.1 Å². The van der Waals surface area contributed by atoms with Crippen LogP contribution in [0.5, 0.6) is 5.75 Å². The summed E-state index contributed by atoms with van der Waals surface area (Å²) in [4.78, 5) is 11.1. The minimum atomic E-state index is -3.66. The van der Waals surface area contributed by atoms with Crippen LogP contribution in [0.15, 0.2) is 22.7 Å². The molecule has 17 heavy (non-hydrogen) atoms. The highest BCUT2D eigenvalue weighted by Crippen LogP contribution is 2.34. The van der Waals surface area contributed by atoms with Crippen LogP contribution >= 0.6 is 15.9 Å². The molecule has 6 heteroatoms. The molecule has 0 N–H and O–H groups in total. The molecule has 0 fully saturated rings. The van der Waals surface area contributed by atoms with Gasteiger partial charge < -0.3 is 9.47 Å². The normalized spacial score (nSPS) is 11.1. The van der Waals surface area contributed by atoms with Crippen molar-refractivity contribution in [2.75, 3.05) is 13.7 Å². The van der Waals surface area contributed by atoms with Gasteiger partial charge in [-0.05, 0) is 41.1 Å². The average molecular weight is 309 g/mol. The second-order valence-corrected chi connectivity index (χ2v) is 4.00. The smallest absolute Gasteiger partial charge is 0.381 e. The summed E-state index contributed by atoms with van der Waals surface area (Å²) in [5.41, 5.74) is -0.441. The third-order valence-electron chi connectivity index (χ3n) is 2.05. The van der Waals surface area contributed by atoms with Crippen molar-refractivity contribution in [1.82, 2.24) is 0 Å². The van der Waals surface area contributed by atoms with Gasteiger partial charge in [0.25, 0.3) is 0 Å². The zero-order chi connectivity index (χ0) is 13.1. The quantitative estimate of drug-likeness (QED) is 0.802. The van der Waals surface area contributed by atoms with Gasteiger partial charge in [0.05, 0.1) is 18.2 Å². The number of carbonyl (C=O) groups excluding carboxylic acids is 1. The molecule has 94 valence electrons. The Bertz CT molecular complexity index is 421. The van der Waals surface area contributed by atoms with Crippen molar-refractivity contribution in [3.8, 4) is 5.75 Å². The summed E-state index contributed by atoms with van der Waals surface area (Å²) in [6, 6.07) is 3.61. The topological polar surface area (TPSA) is 35.5 Å². The lowest BCUT2D eigenvalue weighted by Crippen LogP contribution is -2.28. The maximum Gasteiger partial charge on any atom is 0.381 e. The highest BCUT2D eigenvalue weighted by atomic mass is 79.9. The maximum absolute atomic E-state index is 13.6. The van der Waals surface area contributed by atoms with Crippen LogP contribution in [0.25, 0.3) is 0 Å². The Morgan fingerprint density at radius 3 is 2.59 bits per heavy atom. The highest BCUT2D eigenvalue weighted by Gasteiger charge is 2.42. The van der Waals surface area contributed by atoms with E-state index in [4.69, 9.17) is 4.74 Å². The Balaban J connectivity index is 3.07. The van der Waals surface area contributed by atoms with Crippen LogP contribution < -0.4 is 4.74 Å². The zero-order valence-corrected chi connectivity index (χ0v) is 10.9. The standard InChI is InChI=1S/C11H11BrF2O3/c1-3-17-10(15)11(13,14)7-4-5-9(16-2)8(12)6-7/h4-6H,3H2,1-2H3. The van der Waals surface area contributed by atoms with E-state index in [1.807, 2.05) is 0 Å². The number of halogens is 3. The summed E-state index contributed by atoms with van der Waals surface area (Å²) < 4.78 is 36.8. The number of methoxy groups -OCH3 is 1. The van der Waals surface area contributed by atoms with Crippen LogP contribution in [0.1, 0.15) is 12.5 Å². The summed E-state index contributed by atoms with van der Waals surface area (Å²) in [6.07, 6.45) is 0. The first-order chi connectivity index (χ1) is 7.93. The molecule has 1 aromatic carbocycles. The molecule has 1 rings (SSSR count). The molecule has 0 aromatic heterocycles. The summed E-state index contributed by atoms with van der Waals surface area (Å²) in [5.74, 6) is -4.81. The first-order valence-corrected chi connectivity index (χ1v) is 5.61. The van der Waals surface area contributed by atoms with Crippen LogP contribution in [0.2, 0.25) is 0 Å². The molecule has 0 radical (unpaired) electrons. The Kier molecular flexibility index (Phi) is 4.45. The summed E-state index contributed by atoms with van der Waals surface area (Å²) in [5, 5.41) is 0. The fourth-order valence-electron chi connectivity index (χ4n) is 1.20. The molecule has 0 spiro atoms. The van der Waals surface area contributed by atoms with Crippen LogP contribution in [-0.4, -0.2) is 19.7 Å². The number of hydrogen-bond acceptors (Lipinski definition) is 3. The van der Waals surface area contributed by atoms with Crippen LogP contribution in [0.4, 0.5) is 8.78 Å². The van der Waals surface area contributed by atoms with E-state index in [1.54, 1.807) is 0 Å². The van der Waals surface area contributed by atoms with Gasteiger partial charge in [-0.1, -0.05) is 0 Å². The molecule has 0 saturated carbocycles. The van der Waals surface area contributed by atoms with Gasteiger partial charge >= 0.3 is 11.9 Å². The van der Waals surface area contributed by atoms with Crippen molar-refractivity contribution in [3.05, 3.63) is 28.2 Å². The van der Waals surface area contributed by atoms with Crippen molar-refractivity contribution < 1.29 is 23.0 Å². The largest absolute Gasteiger partial charge is 0.496 e. The molecule has 1 aromatic rings. The van der Waals surface area contributed by atoms with Crippen molar-refractivity contribution in [3.63, 3.8) is 0 Å². The lowest BCUT2D eigenvalue weighted by Gasteiger charge is -2.15. The van der Waals surface area contributed by atoms with Crippen LogP contribution in [0.3, 0.4) is 0 Å². The molecular weight excluding hydrogens is 298 g/mol. The predicted octanol–water partition coefficient (Wildman–Crippen LogP) is 3.11. The second kappa shape index (κ2) is 5.44. The fourth-order valence-corrected chi connectivity index (χ4v) is 1.74. The third kappa shape index (κ3) is 2.94. The van der Waals surface area contributed by atoms with Crippen LogP contribution in [0, 0.1) is 0 Å². The number of hydrogen-bond donors (Lipinski definition) is 0. The molecule has 0 aliphatic heterocycles. The van der Waals surface area contributed by atoms with E-state index in [0.717, 1.165) is 12.1 Å². The molecule has 0 bridgehead atoms. The minimum Gasteiger partial charge on any atom is -0.496 e. The van der Waals surface area contributed by atoms with Gasteiger partial charge in [0.15, 0.2) is 0 Å².